The molecule has 0 radical (unpaired) electrons. The number of piperidine rings is 1. The summed E-state index contributed by atoms with van der Waals surface area (Å²) in [6.45, 7) is 7.06. The van der Waals surface area contributed by atoms with Crippen LogP contribution in [0.15, 0.2) is 30.3 Å². The number of halogens is 1. The molecule has 2 aliphatic rings. The van der Waals surface area contributed by atoms with E-state index in [2.05, 4.69) is 20.4 Å². The van der Waals surface area contributed by atoms with Gasteiger partial charge in [0.1, 0.15) is 17.4 Å². The number of anilines is 1. The van der Waals surface area contributed by atoms with Crippen molar-refractivity contribution in [2.75, 3.05) is 25.0 Å². The van der Waals surface area contributed by atoms with Crippen LogP contribution in [-0.4, -0.2) is 71.0 Å². The van der Waals surface area contributed by atoms with E-state index in [0.29, 0.717) is 16.3 Å². The third-order valence-corrected chi connectivity index (χ3v) is 7.59. The zero-order valence-corrected chi connectivity index (χ0v) is 24.3. The van der Waals surface area contributed by atoms with Gasteiger partial charge >= 0.3 is 6.09 Å². The molecule has 1 saturated heterocycles. The number of nitrogens with one attached hydrogen (secondary N) is 1. The van der Waals surface area contributed by atoms with E-state index >= 15 is 0 Å². The summed E-state index contributed by atoms with van der Waals surface area (Å²) in [7, 11) is 1.78. The average Bonchev–Trinajstić information content (AvgIpc) is 2.93. The van der Waals surface area contributed by atoms with E-state index in [4.69, 9.17) is 26.3 Å². The van der Waals surface area contributed by atoms with Crippen molar-refractivity contribution in [3.8, 4) is 11.8 Å². The summed E-state index contributed by atoms with van der Waals surface area (Å²) in [5.74, 6) is 1.13. The number of ether oxygens (including phenoxy) is 2. The van der Waals surface area contributed by atoms with Gasteiger partial charge in [-0.15, -0.1) is 10.2 Å². The van der Waals surface area contributed by atoms with E-state index in [1.165, 1.54) is 0 Å². The van der Waals surface area contributed by atoms with Crippen molar-refractivity contribution in [3.05, 3.63) is 46.6 Å². The molecule has 2 heterocycles. The molecule has 11 heteroatoms. The lowest BCUT2D eigenvalue weighted by atomic mass is 9.93. The lowest BCUT2D eigenvalue weighted by molar-refractivity contribution is 0.0200. The molecule has 1 aliphatic carbocycles. The number of carbonyl (C=O) groups is 2. The number of nitrogens with zero attached hydrogens (tertiary/aromatic N) is 5. The summed E-state index contributed by atoms with van der Waals surface area (Å²) in [6, 6.07) is 10.8. The van der Waals surface area contributed by atoms with Crippen LogP contribution in [0.1, 0.15) is 75.3 Å². The predicted octanol–water partition coefficient (Wildman–Crippen LogP) is 4.96. The molecule has 10 nitrogen and oxygen atoms in total. The van der Waals surface area contributed by atoms with E-state index in [9.17, 15) is 9.59 Å². The van der Waals surface area contributed by atoms with E-state index in [-0.39, 0.29) is 35.9 Å². The fourth-order valence-electron chi connectivity index (χ4n) is 5.02. The van der Waals surface area contributed by atoms with Gasteiger partial charge in [-0.2, -0.15) is 5.26 Å². The Morgan fingerprint density at radius 2 is 1.77 bits per heavy atom. The van der Waals surface area contributed by atoms with Crippen LogP contribution < -0.4 is 15.0 Å². The van der Waals surface area contributed by atoms with E-state index < -0.39 is 5.60 Å². The van der Waals surface area contributed by atoms with Crippen LogP contribution in [-0.2, 0) is 4.74 Å². The molecule has 0 spiro atoms. The molecule has 1 aliphatic heterocycles. The van der Waals surface area contributed by atoms with Gasteiger partial charge in [0, 0.05) is 38.3 Å². The number of hydrogen-bond acceptors (Lipinski definition) is 8. The standard InChI is InChI=1S/C29H37ClN6O4/c1-29(2,3)40-28(38)35(4)21-13-15-36(16-14-21)26-12-11-25(33-34-26)27(37)32-20-6-9-22(10-7-20)39-23-8-5-19(18-31)24(30)17-23/h5,8,11-12,17,20-22H,6-7,9-10,13-16H2,1-4H3,(H,32,37). The van der Waals surface area contributed by atoms with Crippen LogP contribution in [0.25, 0.3) is 0 Å². The molecule has 0 bridgehead atoms. The third-order valence-electron chi connectivity index (χ3n) is 7.27. The fourth-order valence-corrected chi connectivity index (χ4v) is 5.23. The summed E-state index contributed by atoms with van der Waals surface area (Å²) in [6.07, 6.45) is 4.49. The maximum absolute atomic E-state index is 12.8. The summed E-state index contributed by atoms with van der Waals surface area (Å²) in [5.41, 5.74) is 0.185. The first-order valence-electron chi connectivity index (χ1n) is 13.7. The molecular weight excluding hydrogens is 532 g/mol. The number of benzene rings is 1. The highest BCUT2D eigenvalue weighted by Gasteiger charge is 2.29. The van der Waals surface area contributed by atoms with Gasteiger partial charge in [0.15, 0.2) is 11.5 Å². The fraction of sp³-hybridized carbons (Fsp3) is 0.552. The largest absolute Gasteiger partial charge is 0.490 e. The number of nitriles is 1. The summed E-state index contributed by atoms with van der Waals surface area (Å²) >= 11 is 6.10. The first-order chi connectivity index (χ1) is 19.0. The highest BCUT2D eigenvalue weighted by atomic mass is 35.5. The SMILES string of the molecule is CN(C(=O)OC(C)(C)C)C1CCN(c2ccc(C(=O)NC3CCC(Oc4ccc(C#N)c(Cl)c4)CC3)nn2)CC1. The van der Waals surface area contributed by atoms with Gasteiger partial charge in [-0.05, 0) is 83.6 Å². The van der Waals surface area contributed by atoms with Crippen LogP contribution in [0, 0.1) is 11.3 Å². The Morgan fingerprint density at radius 1 is 1.07 bits per heavy atom. The van der Waals surface area contributed by atoms with E-state index in [0.717, 1.165) is 57.4 Å². The van der Waals surface area contributed by atoms with Crippen LogP contribution in [0.5, 0.6) is 5.75 Å². The van der Waals surface area contributed by atoms with Crippen molar-refractivity contribution in [1.82, 2.24) is 20.4 Å². The maximum atomic E-state index is 12.8. The van der Waals surface area contributed by atoms with Crippen LogP contribution >= 0.6 is 11.6 Å². The zero-order valence-electron chi connectivity index (χ0n) is 23.5. The first kappa shape index (κ1) is 29.4. The Bertz CT molecular complexity index is 1230. The highest BCUT2D eigenvalue weighted by molar-refractivity contribution is 6.31. The van der Waals surface area contributed by atoms with E-state index in [1.807, 2.05) is 32.9 Å². The number of amides is 2. The molecule has 40 heavy (non-hydrogen) atoms. The Hall–Kier alpha value is -3.58. The second kappa shape index (κ2) is 12.7. The van der Waals surface area contributed by atoms with Gasteiger partial charge in [-0.25, -0.2) is 4.79 Å². The van der Waals surface area contributed by atoms with Gasteiger partial charge in [-0.1, -0.05) is 11.6 Å². The van der Waals surface area contributed by atoms with Crippen molar-refractivity contribution in [2.24, 2.45) is 0 Å². The molecule has 0 atom stereocenters. The Balaban J connectivity index is 1.21. The monoisotopic (exact) mass is 568 g/mol. The summed E-state index contributed by atoms with van der Waals surface area (Å²) in [5, 5.41) is 21.0. The summed E-state index contributed by atoms with van der Waals surface area (Å²) < 4.78 is 11.5. The van der Waals surface area contributed by atoms with Gasteiger partial charge in [0.05, 0.1) is 16.7 Å². The van der Waals surface area contributed by atoms with Gasteiger partial charge < -0.3 is 24.6 Å². The van der Waals surface area contributed by atoms with Gasteiger partial charge in [0.2, 0.25) is 0 Å². The van der Waals surface area contributed by atoms with Crippen molar-refractivity contribution in [3.63, 3.8) is 0 Å². The number of rotatable bonds is 6. The van der Waals surface area contributed by atoms with Crippen molar-refractivity contribution in [2.45, 2.75) is 83.1 Å². The van der Waals surface area contributed by atoms with Gasteiger partial charge in [0.25, 0.3) is 5.91 Å². The minimum absolute atomic E-state index is 0.0318. The Labute approximate surface area is 240 Å². The molecule has 2 aromatic rings. The Kier molecular flexibility index (Phi) is 9.36. The lowest BCUT2D eigenvalue weighted by Crippen LogP contribution is -2.47. The second-order valence-corrected chi connectivity index (χ2v) is 11.8. The Morgan fingerprint density at radius 3 is 2.35 bits per heavy atom. The van der Waals surface area contributed by atoms with E-state index in [1.54, 1.807) is 36.2 Å². The van der Waals surface area contributed by atoms with Crippen LogP contribution in [0.2, 0.25) is 5.02 Å². The zero-order chi connectivity index (χ0) is 28.9. The molecular formula is C29H37ClN6O4. The van der Waals surface area contributed by atoms with Crippen molar-refractivity contribution < 1.29 is 19.1 Å². The molecule has 1 aromatic heterocycles. The van der Waals surface area contributed by atoms with Crippen LogP contribution in [0.4, 0.5) is 10.6 Å². The van der Waals surface area contributed by atoms with Crippen molar-refractivity contribution >= 4 is 29.4 Å². The van der Waals surface area contributed by atoms with Gasteiger partial charge in [-0.3, -0.25) is 4.79 Å². The maximum Gasteiger partial charge on any atom is 0.410 e. The highest BCUT2D eigenvalue weighted by Crippen LogP contribution is 2.27. The molecule has 2 fully saturated rings. The lowest BCUT2D eigenvalue weighted by Gasteiger charge is -2.37. The average molecular weight is 569 g/mol. The third kappa shape index (κ3) is 7.75. The predicted molar refractivity (Wildman–Crippen MR) is 152 cm³/mol. The molecule has 1 saturated carbocycles. The first-order valence-corrected chi connectivity index (χ1v) is 14.1. The minimum atomic E-state index is -0.522. The molecule has 0 unspecified atom stereocenters. The topological polar surface area (TPSA) is 121 Å². The normalized spacial score (nSPS) is 19.9. The molecule has 1 N–H and O–H groups in total. The summed E-state index contributed by atoms with van der Waals surface area (Å²) in [4.78, 5) is 29.0. The number of aromatic nitrogens is 2. The molecule has 4 rings (SSSR count). The smallest absolute Gasteiger partial charge is 0.410 e. The molecule has 214 valence electrons. The van der Waals surface area contributed by atoms with Crippen LogP contribution in [0.3, 0.4) is 0 Å². The van der Waals surface area contributed by atoms with Crippen molar-refractivity contribution in [1.29, 1.82) is 5.26 Å². The minimum Gasteiger partial charge on any atom is -0.490 e. The quantitative estimate of drug-likeness (QED) is 0.519. The second-order valence-electron chi connectivity index (χ2n) is 11.4. The number of carbonyl (C=O) groups excluding carboxylic acids is 2. The molecule has 2 amide bonds. The number of hydrogen-bond donors (Lipinski definition) is 1. The molecule has 1 aromatic carbocycles.